The normalized spacial score (nSPS) is 13.5. The lowest BCUT2D eigenvalue weighted by molar-refractivity contribution is 0.595. The van der Waals surface area contributed by atoms with Crippen molar-refractivity contribution in [1.82, 2.24) is 9.55 Å². The molecular formula is C20H19N3OS2. The third kappa shape index (κ3) is 3.29. The molecule has 0 amide bonds. The van der Waals surface area contributed by atoms with E-state index in [1.54, 1.807) is 15.9 Å². The summed E-state index contributed by atoms with van der Waals surface area (Å²) >= 11 is 3.02. The van der Waals surface area contributed by atoms with Gasteiger partial charge in [-0.3, -0.25) is 9.36 Å². The molecule has 0 N–H and O–H groups in total. The predicted octanol–water partition coefficient (Wildman–Crippen LogP) is 4.20. The van der Waals surface area contributed by atoms with E-state index in [1.807, 2.05) is 18.2 Å². The minimum atomic E-state index is 0.0609. The Bertz CT molecular complexity index is 1030. The fourth-order valence-corrected chi connectivity index (χ4v) is 5.50. The number of aromatic nitrogens is 2. The van der Waals surface area contributed by atoms with E-state index < -0.39 is 0 Å². The van der Waals surface area contributed by atoms with Gasteiger partial charge in [0, 0.05) is 11.4 Å². The van der Waals surface area contributed by atoms with Crippen molar-refractivity contribution in [3.05, 3.63) is 56.7 Å². The van der Waals surface area contributed by atoms with Gasteiger partial charge in [0.05, 0.1) is 17.2 Å². The third-order valence-electron chi connectivity index (χ3n) is 4.77. The van der Waals surface area contributed by atoms with Crippen LogP contribution in [0.4, 0.5) is 0 Å². The van der Waals surface area contributed by atoms with Gasteiger partial charge < -0.3 is 0 Å². The Morgan fingerprint density at radius 2 is 2.04 bits per heavy atom. The number of benzene rings is 1. The Labute approximate surface area is 160 Å². The first-order valence-electron chi connectivity index (χ1n) is 8.86. The van der Waals surface area contributed by atoms with Crippen LogP contribution in [0.2, 0.25) is 0 Å². The summed E-state index contributed by atoms with van der Waals surface area (Å²) in [5.41, 5.74) is 2.48. The molecule has 2 aromatic heterocycles. The van der Waals surface area contributed by atoms with Crippen molar-refractivity contribution in [2.45, 2.75) is 43.8 Å². The van der Waals surface area contributed by atoms with Crippen molar-refractivity contribution in [1.29, 1.82) is 5.26 Å². The second kappa shape index (κ2) is 7.65. The summed E-state index contributed by atoms with van der Waals surface area (Å²) in [7, 11) is 0. The van der Waals surface area contributed by atoms with E-state index in [-0.39, 0.29) is 5.56 Å². The van der Waals surface area contributed by atoms with Gasteiger partial charge in [-0.25, -0.2) is 4.98 Å². The van der Waals surface area contributed by atoms with Crippen LogP contribution < -0.4 is 5.56 Å². The van der Waals surface area contributed by atoms with Crippen molar-refractivity contribution >= 4 is 33.3 Å². The van der Waals surface area contributed by atoms with E-state index in [2.05, 4.69) is 18.2 Å². The number of thioether (sulfide) groups is 1. The van der Waals surface area contributed by atoms with Crippen LogP contribution in [0.25, 0.3) is 10.2 Å². The quantitative estimate of drug-likeness (QED) is 0.491. The largest absolute Gasteiger partial charge is 0.287 e. The van der Waals surface area contributed by atoms with Crippen molar-refractivity contribution in [3.8, 4) is 6.07 Å². The fourth-order valence-electron chi connectivity index (χ4n) is 3.51. The summed E-state index contributed by atoms with van der Waals surface area (Å²) < 4.78 is 1.78. The maximum atomic E-state index is 13.3. The molecule has 0 radical (unpaired) electrons. The zero-order valence-electron chi connectivity index (χ0n) is 14.4. The van der Waals surface area contributed by atoms with Crippen LogP contribution in [0.1, 0.15) is 28.8 Å². The molecule has 26 heavy (non-hydrogen) atoms. The van der Waals surface area contributed by atoms with E-state index in [9.17, 15) is 4.79 Å². The molecule has 0 saturated heterocycles. The van der Waals surface area contributed by atoms with Crippen molar-refractivity contribution < 1.29 is 0 Å². The van der Waals surface area contributed by atoms with Gasteiger partial charge in [0.1, 0.15) is 4.83 Å². The van der Waals surface area contributed by atoms with Gasteiger partial charge >= 0.3 is 0 Å². The lowest BCUT2D eigenvalue weighted by Gasteiger charge is -2.13. The van der Waals surface area contributed by atoms with Gasteiger partial charge in [-0.1, -0.05) is 42.1 Å². The van der Waals surface area contributed by atoms with Crippen LogP contribution >= 0.6 is 23.1 Å². The molecular weight excluding hydrogens is 362 g/mol. The van der Waals surface area contributed by atoms with Crippen molar-refractivity contribution in [3.63, 3.8) is 0 Å². The minimum absolute atomic E-state index is 0.0609. The highest BCUT2D eigenvalue weighted by molar-refractivity contribution is 7.99. The molecule has 0 aliphatic heterocycles. The van der Waals surface area contributed by atoms with Crippen molar-refractivity contribution in [2.24, 2.45) is 0 Å². The first-order chi connectivity index (χ1) is 12.8. The van der Waals surface area contributed by atoms with Gasteiger partial charge in [-0.15, -0.1) is 11.3 Å². The highest BCUT2D eigenvalue weighted by Gasteiger charge is 2.22. The molecule has 3 aromatic rings. The molecule has 0 saturated carbocycles. The number of rotatable bonds is 5. The maximum absolute atomic E-state index is 13.3. The average molecular weight is 382 g/mol. The molecule has 6 heteroatoms. The number of fused-ring (bicyclic) bond motifs is 3. The molecule has 4 rings (SSSR count). The summed E-state index contributed by atoms with van der Waals surface area (Å²) in [4.78, 5) is 20.3. The predicted molar refractivity (Wildman–Crippen MR) is 107 cm³/mol. The van der Waals surface area contributed by atoms with E-state index in [1.165, 1.54) is 34.2 Å². The Kier molecular flexibility index (Phi) is 5.09. The van der Waals surface area contributed by atoms with E-state index in [0.717, 1.165) is 35.9 Å². The molecule has 0 unspecified atom stereocenters. The minimum Gasteiger partial charge on any atom is -0.287 e. The van der Waals surface area contributed by atoms with Crippen molar-refractivity contribution in [2.75, 3.05) is 5.75 Å². The van der Waals surface area contributed by atoms with E-state index in [0.29, 0.717) is 17.5 Å². The Balaban J connectivity index is 1.78. The second-order valence-electron chi connectivity index (χ2n) is 6.42. The van der Waals surface area contributed by atoms with Gasteiger partial charge in [-0.2, -0.15) is 5.26 Å². The summed E-state index contributed by atoms with van der Waals surface area (Å²) in [5.74, 6) is 0.300. The maximum Gasteiger partial charge on any atom is 0.263 e. The third-order valence-corrected chi connectivity index (χ3v) is 6.80. The topological polar surface area (TPSA) is 58.7 Å². The summed E-state index contributed by atoms with van der Waals surface area (Å²) in [6.45, 7) is 0.587. The van der Waals surface area contributed by atoms with Gasteiger partial charge in [-0.05, 0) is 43.2 Å². The van der Waals surface area contributed by atoms with Crippen LogP contribution in [0.15, 0.2) is 40.3 Å². The number of hydrogen-bond donors (Lipinski definition) is 0. The van der Waals surface area contributed by atoms with Crippen LogP contribution in [0.3, 0.4) is 0 Å². The summed E-state index contributed by atoms with van der Waals surface area (Å²) in [5, 5.41) is 10.4. The fraction of sp³-hybridized carbons (Fsp3) is 0.350. The smallest absolute Gasteiger partial charge is 0.263 e. The number of nitriles is 1. The van der Waals surface area contributed by atoms with E-state index >= 15 is 0 Å². The number of nitrogens with zero attached hydrogens (tertiary/aromatic N) is 3. The van der Waals surface area contributed by atoms with Gasteiger partial charge in [0.15, 0.2) is 5.16 Å². The summed E-state index contributed by atoms with van der Waals surface area (Å²) in [6, 6.07) is 12.3. The molecule has 0 atom stereocenters. The lowest BCUT2D eigenvalue weighted by atomic mass is 9.97. The van der Waals surface area contributed by atoms with E-state index in [4.69, 9.17) is 10.2 Å². The molecule has 1 aliphatic rings. The zero-order valence-corrected chi connectivity index (χ0v) is 16.0. The number of aryl methyl sites for hydroxylation is 3. The van der Waals surface area contributed by atoms with Gasteiger partial charge in [0.2, 0.25) is 0 Å². The highest BCUT2D eigenvalue weighted by Crippen LogP contribution is 2.34. The number of hydrogen-bond acceptors (Lipinski definition) is 5. The van der Waals surface area contributed by atoms with Crippen LogP contribution in [0, 0.1) is 11.3 Å². The molecule has 4 nitrogen and oxygen atoms in total. The standard InChI is InChI=1S/C20H19N3OS2/c21-11-13-25-20-22-18-17(15-8-4-5-9-16(15)26-18)19(24)23(20)12-10-14-6-2-1-3-7-14/h1-3,6-7H,4-5,8-10,12-13H2. The Morgan fingerprint density at radius 1 is 1.23 bits per heavy atom. The number of thiophene rings is 1. The molecule has 132 valence electrons. The average Bonchev–Trinajstić information content (AvgIpc) is 3.05. The molecule has 2 heterocycles. The zero-order chi connectivity index (χ0) is 17.9. The summed E-state index contributed by atoms with van der Waals surface area (Å²) in [6.07, 6.45) is 5.15. The first-order valence-corrected chi connectivity index (χ1v) is 10.7. The molecule has 0 bridgehead atoms. The lowest BCUT2D eigenvalue weighted by Crippen LogP contribution is -2.24. The monoisotopic (exact) mass is 381 g/mol. The second-order valence-corrected chi connectivity index (χ2v) is 8.45. The molecule has 0 fully saturated rings. The highest BCUT2D eigenvalue weighted by atomic mass is 32.2. The van der Waals surface area contributed by atoms with Crippen LogP contribution in [-0.2, 0) is 25.8 Å². The Hall–Kier alpha value is -2.10. The molecule has 0 spiro atoms. The SMILES string of the molecule is N#CCSc1nc2sc3c(c2c(=O)n1CCc1ccccc1)CCCC3. The van der Waals surface area contributed by atoms with Gasteiger partial charge in [0.25, 0.3) is 5.56 Å². The van der Waals surface area contributed by atoms with Crippen LogP contribution in [-0.4, -0.2) is 15.3 Å². The first kappa shape index (κ1) is 17.3. The Morgan fingerprint density at radius 3 is 2.85 bits per heavy atom. The van der Waals surface area contributed by atoms with Crippen LogP contribution in [0.5, 0.6) is 0 Å². The molecule has 1 aromatic carbocycles. The molecule has 1 aliphatic carbocycles.